The topological polar surface area (TPSA) is 83.8 Å². The van der Waals surface area contributed by atoms with Crippen LogP contribution in [0.25, 0.3) is 20.4 Å². The normalized spacial score (nSPS) is 12.0. The minimum atomic E-state index is -0.834. The number of benzene rings is 1. The molecule has 0 saturated heterocycles. The first kappa shape index (κ1) is 17.8. The van der Waals surface area contributed by atoms with Gasteiger partial charge in [0.05, 0.1) is 26.9 Å². The summed E-state index contributed by atoms with van der Waals surface area (Å²) in [5.74, 6) is 1.56. The Kier molecular flexibility index (Phi) is 4.28. The van der Waals surface area contributed by atoms with E-state index in [0.29, 0.717) is 6.54 Å². The van der Waals surface area contributed by atoms with Crippen molar-refractivity contribution < 1.29 is 5.11 Å². The van der Waals surface area contributed by atoms with E-state index in [-0.39, 0.29) is 0 Å². The molecule has 1 aromatic carbocycles. The molecule has 0 radical (unpaired) electrons. The molecule has 0 fully saturated rings. The molecule has 4 aromatic rings. The highest BCUT2D eigenvalue weighted by atomic mass is 32.1. The molecule has 0 aliphatic carbocycles. The quantitative estimate of drug-likeness (QED) is 0.556. The van der Waals surface area contributed by atoms with Gasteiger partial charge in [-0.1, -0.05) is 24.3 Å². The van der Waals surface area contributed by atoms with E-state index in [0.717, 1.165) is 48.9 Å². The van der Waals surface area contributed by atoms with Gasteiger partial charge in [0.15, 0.2) is 0 Å². The number of hydrogen-bond donors (Lipinski definition) is 2. The third-order valence-corrected chi connectivity index (χ3v) is 5.61. The Bertz CT molecular complexity index is 1130. The molecule has 0 atom stereocenters. The first-order valence-electron chi connectivity index (χ1n) is 8.77. The maximum absolute atomic E-state index is 10.1. The summed E-state index contributed by atoms with van der Waals surface area (Å²) in [7, 11) is 0. The molecule has 3 heterocycles. The minimum absolute atomic E-state index is 0.635. The fourth-order valence-corrected chi connectivity index (χ4v) is 4.31. The number of hydrogen-bond acceptors (Lipinski definition) is 7. The second kappa shape index (κ2) is 6.51. The Morgan fingerprint density at radius 3 is 2.52 bits per heavy atom. The molecule has 4 rings (SSSR count). The molecule has 0 unspecified atom stereocenters. The fraction of sp³-hybridized carbons (Fsp3) is 0.300. The zero-order valence-electron chi connectivity index (χ0n) is 15.7. The zero-order valence-corrected chi connectivity index (χ0v) is 16.6. The van der Waals surface area contributed by atoms with Crippen LogP contribution >= 0.6 is 11.3 Å². The molecule has 0 amide bonds. The lowest BCUT2D eigenvalue weighted by Gasteiger charge is -2.18. The van der Waals surface area contributed by atoms with Gasteiger partial charge in [0.1, 0.15) is 22.8 Å². The second-order valence-corrected chi connectivity index (χ2v) is 8.15. The molecule has 0 aliphatic heterocycles. The molecule has 0 bridgehead atoms. The molecule has 7 heteroatoms. The van der Waals surface area contributed by atoms with Gasteiger partial charge in [0.2, 0.25) is 0 Å². The number of nitrogens with zero attached hydrogens (tertiary/aromatic N) is 4. The first-order valence-corrected chi connectivity index (χ1v) is 9.58. The Morgan fingerprint density at radius 1 is 1.07 bits per heavy atom. The fourth-order valence-electron chi connectivity index (χ4n) is 3.12. The van der Waals surface area contributed by atoms with Crippen molar-refractivity contribution in [3.05, 3.63) is 53.2 Å². The van der Waals surface area contributed by atoms with Gasteiger partial charge in [-0.2, -0.15) is 0 Å². The van der Waals surface area contributed by atoms with E-state index < -0.39 is 5.60 Å². The highest BCUT2D eigenvalue weighted by molar-refractivity contribution is 7.26. The number of anilines is 1. The summed E-state index contributed by atoms with van der Waals surface area (Å²) in [6.45, 7) is 8.09. The number of thiophene rings is 1. The second-order valence-electron chi connectivity index (χ2n) is 7.15. The van der Waals surface area contributed by atoms with Crippen molar-refractivity contribution in [3.63, 3.8) is 0 Å². The highest BCUT2D eigenvalue weighted by Gasteiger charge is 2.16. The predicted molar refractivity (Wildman–Crippen MR) is 109 cm³/mol. The summed E-state index contributed by atoms with van der Waals surface area (Å²) in [6, 6.07) is 7.94. The van der Waals surface area contributed by atoms with E-state index in [9.17, 15) is 5.11 Å². The van der Waals surface area contributed by atoms with Gasteiger partial charge in [0.25, 0.3) is 0 Å². The van der Waals surface area contributed by atoms with E-state index in [1.54, 1.807) is 31.5 Å². The Balaban J connectivity index is 1.65. The van der Waals surface area contributed by atoms with Crippen LogP contribution in [-0.4, -0.2) is 25.0 Å². The Morgan fingerprint density at radius 2 is 1.81 bits per heavy atom. The van der Waals surface area contributed by atoms with Crippen LogP contribution in [0, 0.1) is 13.8 Å². The zero-order chi connectivity index (χ0) is 19.2. The molecule has 0 saturated carbocycles. The third-order valence-electron chi connectivity index (χ3n) is 4.53. The number of nitrogens with one attached hydrogen (secondary N) is 1. The van der Waals surface area contributed by atoms with Crippen LogP contribution in [0.15, 0.2) is 30.6 Å². The standard InChI is InChI=1S/C20H21N5OS/c1-11-15-16-17(27-19(15)25-12(2)24-11)18(23-10-22-16)21-9-13-5-7-14(8-6-13)20(3,4)26/h5-8,10,26H,9H2,1-4H3,(H,21,22,23). The SMILES string of the molecule is Cc1nc(C)c2c(n1)sc1c(NCc3ccc(C(C)(C)O)cc3)ncnc12. The Labute approximate surface area is 161 Å². The van der Waals surface area contributed by atoms with Gasteiger partial charge in [0, 0.05) is 6.54 Å². The lowest BCUT2D eigenvalue weighted by atomic mass is 9.97. The summed E-state index contributed by atoms with van der Waals surface area (Å²) < 4.78 is 0.989. The van der Waals surface area contributed by atoms with Crippen molar-refractivity contribution in [1.29, 1.82) is 0 Å². The van der Waals surface area contributed by atoms with Gasteiger partial charge < -0.3 is 10.4 Å². The summed E-state index contributed by atoms with van der Waals surface area (Å²) in [4.78, 5) is 18.9. The number of aromatic nitrogens is 4. The molecule has 27 heavy (non-hydrogen) atoms. The third kappa shape index (κ3) is 3.36. The van der Waals surface area contributed by atoms with Crippen LogP contribution in [0.4, 0.5) is 5.82 Å². The molecular formula is C20H21N5OS. The molecule has 138 valence electrons. The molecule has 2 N–H and O–H groups in total. The monoisotopic (exact) mass is 379 g/mol. The van der Waals surface area contributed by atoms with Gasteiger partial charge in [-0.05, 0) is 38.8 Å². The van der Waals surface area contributed by atoms with Crippen molar-refractivity contribution in [1.82, 2.24) is 19.9 Å². The van der Waals surface area contributed by atoms with E-state index in [1.807, 2.05) is 38.1 Å². The van der Waals surface area contributed by atoms with E-state index in [2.05, 4.69) is 25.3 Å². The predicted octanol–water partition coefficient (Wildman–Crippen LogP) is 4.09. The van der Waals surface area contributed by atoms with Crippen LogP contribution in [0.3, 0.4) is 0 Å². The average molecular weight is 379 g/mol. The largest absolute Gasteiger partial charge is 0.386 e. The highest BCUT2D eigenvalue weighted by Crippen LogP contribution is 2.36. The molecule has 6 nitrogen and oxygen atoms in total. The average Bonchev–Trinajstić information content (AvgIpc) is 2.98. The van der Waals surface area contributed by atoms with Crippen molar-refractivity contribution in [3.8, 4) is 0 Å². The van der Waals surface area contributed by atoms with Gasteiger partial charge in [-0.25, -0.2) is 19.9 Å². The first-order chi connectivity index (χ1) is 12.8. The van der Waals surface area contributed by atoms with E-state index >= 15 is 0 Å². The van der Waals surface area contributed by atoms with Crippen molar-refractivity contribution >= 4 is 37.6 Å². The lowest BCUT2D eigenvalue weighted by molar-refractivity contribution is 0.0786. The summed E-state index contributed by atoms with van der Waals surface area (Å²) in [5, 5.41) is 14.5. The van der Waals surface area contributed by atoms with E-state index in [4.69, 9.17) is 0 Å². The van der Waals surface area contributed by atoms with Crippen LogP contribution in [-0.2, 0) is 12.1 Å². The van der Waals surface area contributed by atoms with Crippen molar-refractivity contribution in [2.24, 2.45) is 0 Å². The minimum Gasteiger partial charge on any atom is -0.386 e. The van der Waals surface area contributed by atoms with Gasteiger partial charge in [-0.3, -0.25) is 0 Å². The maximum atomic E-state index is 10.1. The molecule has 0 aliphatic rings. The summed E-state index contributed by atoms with van der Waals surface area (Å²) in [5.41, 5.74) is 3.00. The summed E-state index contributed by atoms with van der Waals surface area (Å²) >= 11 is 1.59. The molecule has 0 spiro atoms. The van der Waals surface area contributed by atoms with E-state index in [1.165, 1.54) is 0 Å². The molecular weight excluding hydrogens is 358 g/mol. The van der Waals surface area contributed by atoms with Crippen molar-refractivity contribution in [2.45, 2.75) is 39.8 Å². The van der Waals surface area contributed by atoms with Crippen molar-refractivity contribution in [2.75, 3.05) is 5.32 Å². The Hall–Kier alpha value is -2.64. The smallest absolute Gasteiger partial charge is 0.147 e. The van der Waals surface area contributed by atoms with Crippen LogP contribution in [0.5, 0.6) is 0 Å². The maximum Gasteiger partial charge on any atom is 0.147 e. The van der Waals surface area contributed by atoms with Gasteiger partial charge in [-0.15, -0.1) is 11.3 Å². The number of aryl methyl sites for hydroxylation is 2. The van der Waals surface area contributed by atoms with Crippen LogP contribution < -0.4 is 5.32 Å². The van der Waals surface area contributed by atoms with Crippen LogP contribution in [0.1, 0.15) is 36.5 Å². The number of rotatable bonds is 4. The molecule has 3 aromatic heterocycles. The number of fused-ring (bicyclic) bond motifs is 3. The van der Waals surface area contributed by atoms with Crippen LogP contribution in [0.2, 0.25) is 0 Å². The summed E-state index contributed by atoms with van der Waals surface area (Å²) in [6.07, 6.45) is 1.58. The number of aliphatic hydroxyl groups is 1. The van der Waals surface area contributed by atoms with Gasteiger partial charge >= 0.3 is 0 Å². The lowest BCUT2D eigenvalue weighted by Crippen LogP contribution is -2.15.